The number of fused-ring (bicyclic) bond motifs is 3. The number of nitrogens with zero attached hydrogens (tertiary/aromatic N) is 1. The number of benzene rings is 3. The van der Waals surface area contributed by atoms with E-state index in [9.17, 15) is 4.79 Å². The molecule has 162 valence electrons. The SMILES string of the molecule is CN(C)C(=O)c1cccc2c1NC(c1ccc(OCc3ccccc3)cc1)C1CC=CC21. The van der Waals surface area contributed by atoms with Gasteiger partial charge in [-0.3, -0.25) is 4.79 Å². The smallest absolute Gasteiger partial charge is 0.255 e. The van der Waals surface area contributed by atoms with E-state index in [-0.39, 0.29) is 11.9 Å². The Hall–Kier alpha value is -3.53. The lowest BCUT2D eigenvalue weighted by Crippen LogP contribution is -2.31. The fourth-order valence-corrected chi connectivity index (χ4v) is 4.88. The van der Waals surface area contributed by atoms with Crippen LogP contribution in [0, 0.1) is 5.92 Å². The maximum absolute atomic E-state index is 12.8. The van der Waals surface area contributed by atoms with Gasteiger partial charge < -0.3 is 15.0 Å². The van der Waals surface area contributed by atoms with Gasteiger partial charge in [-0.15, -0.1) is 0 Å². The van der Waals surface area contributed by atoms with E-state index in [1.807, 2.05) is 42.5 Å². The van der Waals surface area contributed by atoms with Crippen LogP contribution in [0.4, 0.5) is 5.69 Å². The van der Waals surface area contributed by atoms with Crippen molar-refractivity contribution in [2.24, 2.45) is 5.92 Å². The van der Waals surface area contributed by atoms with Crippen LogP contribution in [-0.4, -0.2) is 24.9 Å². The van der Waals surface area contributed by atoms with Crippen LogP contribution in [-0.2, 0) is 6.61 Å². The Morgan fingerprint density at radius 3 is 2.53 bits per heavy atom. The van der Waals surface area contributed by atoms with E-state index in [1.165, 1.54) is 11.1 Å². The Labute approximate surface area is 189 Å². The van der Waals surface area contributed by atoms with Crippen LogP contribution in [0.2, 0.25) is 0 Å². The molecule has 0 saturated heterocycles. The maximum atomic E-state index is 12.8. The summed E-state index contributed by atoms with van der Waals surface area (Å²) < 4.78 is 5.97. The monoisotopic (exact) mass is 424 g/mol. The van der Waals surface area contributed by atoms with Gasteiger partial charge in [-0.05, 0) is 47.2 Å². The fraction of sp³-hybridized carbons (Fsp3) is 0.250. The van der Waals surface area contributed by atoms with Crippen molar-refractivity contribution in [1.29, 1.82) is 0 Å². The van der Waals surface area contributed by atoms with Crippen LogP contribution >= 0.6 is 0 Å². The number of hydrogen-bond donors (Lipinski definition) is 1. The lowest BCUT2D eigenvalue weighted by Gasteiger charge is -2.38. The molecule has 5 rings (SSSR count). The standard InChI is InChI=1S/C28H28N2O2/c1-30(2)28(31)25-13-7-12-24-22-10-6-11-23(22)26(29-27(24)25)20-14-16-21(17-15-20)32-18-19-8-4-3-5-9-19/h3-10,12-17,22-23,26,29H,11,18H2,1-2H3. The molecule has 4 nitrogen and oxygen atoms in total. The van der Waals surface area contributed by atoms with E-state index < -0.39 is 0 Å². The Kier molecular flexibility index (Phi) is 5.44. The molecule has 2 aliphatic rings. The van der Waals surface area contributed by atoms with E-state index >= 15 is 0 Å². The topological polar surface area (TPSA) is 41.6 Å². The number of rotatable bonds is 5. The Morgan fingerprint density at radius 2 is 1.78 bits per heavy atom. The molecule has 0 spiro atoms. The highest BCUT2D eigenvalue weighted by Gasteiger charge is 2.39. The molecule has 32 heavy (non-hydrogen) atoms. The molecule has 3 aromatic rings. The summed E-state index contributed by atoms with van der Waals surface area (Å²) in [6, 6.07) is 24.8. The van der Waals surface area contributed by atoms with E-state index in [2.05, 4.69) is 47.8 Å². The summed E-state index contributed by atoms with van der Waals surface area (Å²) in [4.78, 5) is 14.5. The molecule has 0 saturated carbocycles. The summed E-state index contributed by atoms with van der Waals surface area (Å²) in [5.74, 6) is 1.64. The molecule has 3 aromatic carbocycles. The quantitative estimate of drug-likeness (QED) is 0.527. The summed E-state index contributed by atoms with van der Waals surface area (Å²) in [5, 5.41) is 3.74. The van der Waals surface area contributed by atoms with Crippen molar-refractivity contribution in [3.8, 4) is 5.75 Å². The zero-order valence-corrected chi connectivity index (χ0v) is 18.5. The lowest BCUT2D eigenvalue weighted by atomic mass is 9.76. The number of carbonyl (C=O) groups excluding carboxylic acids is 1. The van der Waals surface area contributed by atoms with Gasteiger partial charge in [0, 0.05) is 20.0 Å². The summed E-state index contributed by atoms with van der Waals surface area (Å²) in [7, 11) is 3.60. The first-order valence-corrected chi connectivity index (χ1v) is 11.2. The number of ether oxygens (including phenoxy) is 1. The van der Waals surface area contributed by atoms with Crippen LogP contribution in [0.3, 0.4) is 0 Å². The van der Waals surface area contributed by atoms with Crippen molar-refractivity contribution < 1.29 is 9.53 Å². The Balaban J connectivity index is 1.41. The van der Waals surface area contributed by atoms with Crippen LogP contribution in [0.1, 0.15) is 45.4 Å². The van der Waals surface area contributed by atoms with Gasteiger partial charge in [-0.1, -0.05) is 66.7 Å². The molecular weight excluding hydrogens is 396 g/mol. The number of amides is 1. The zero-order valence-electron chi connectivity index (χ0n) is 18.5. The number of carbonyl (C=O) groups is 1. The van der Waals surface area contributed by atoms with Gasteiger partial charge in [0.25, 0.3) is 5.91 Å². The normalized spacial score (nSPS) is 20.8. The predicted molar refractivity (Wildman–Crippen MR) is 128 cm³/mol. The van der Waals surface area contributed by atoms with Crippen LogP contribution < -0.4 is 10.1 Å². The third kappa shape index (κ3) is 3.77. The molecule has 0 radical (unpaired) electrons. The van der Waals surface area contributed by atoms with E-state index in [0.717, 1.165) is 29.0 Å². The van der Waals surface area contributed by atoms with Gasteiger partial charge in [-0.25, -0.2) is 0 Å². The van der Waals surface area contributed by atoms with Gasteiger partial charge in [0.05, 0.1) is 17.3 Å². The second-order valence-electron chi connectivity index (χ2n) is 8.79. The average Bonchev–Trinajstić information content (AvgIpc) is 3.33. The Morgan fingerprint density at radius 1 is 1.00 bits per heavy atom. The molecule has 1 N–H and O–H groups in total. The molecule has 4 heteroatoms. The van der Waals surface area contributed by atoms with Crippen LogP contribution in [0.15, 0.2) is 84.9 Å². The summed E-state index contributed by atoms with van der Waals surface area (Å²) in [6.45, 7) is 0.555. The van der Waals surface area contributed by atoms with E-state index in [0.29, 0.717) is 18.4 Å². The summed E-state index contributed by atoms with van der Waals surface area (Å²) >= 11 is 0. The van der Waals surface area contributed by atoms with Crippen molar-refractivity contribution in [2.75, 3.05) is 19.4 Å². The Bertz CT molecular complexity index is 1140. The minimum Gasteiger partial charge on any atom is -0.489 e. The molecule has 3 atom stereocenters. The predicted octanol–water partition coefficient (Wildman–Crippen LogP) is 5.79. The summed E-state index contributed by atoms with van der Waals surface area (Å²) in [6.07, 6.45) is 5.61. The minimum absolute atomic E-state index is 0.0261. The van der Waals surface area contributed by atoms with Gasteiger partial charge in [0.1, 0.15) is 12.4 Å². The highest BCUT2D eigenvalue weighted by molar-refractivity contribution is 6.00. The zero-order chi connectivity index (χ0) is 22.1. The second-order valence-corrected chi connectivity index (χ2v) is 8.79. The van der Waals surface area contributed by atoms with Gasteiger partial charge in [0.2, 0.25) is 0 Å². The summed E-state index contributed by atoms with van der Waals surface area (Å²) in [5.41, 5.74) is 5.29. The fourth-order valence-electron chi connectivity index (χ4n) is 4.88. The lowest BCUT2D eigenvalue weighted by molar-refractivity contribution is 0.0828. The average molecular weight is 425 g/mol. The van der Waals surface area contributed by atoms with Gasteiger partial charge >= 0.3 is 0 Å². The first kappa shape index (κ1) is 20.4. The molecule has 0 aromatic heterocycles. The highest BCUT2D eigenvalue weighted by atomic mass is 16.5. The van der Waals surface area contributed by atoms with Crippen LogP contribution in [0.25, 0.3) is 0 Å². The molecule has 1 amide bonds. The van der Waals surface area contributed by atoms with Gasteiger partial charge in [0.15, 0.2) is 0 Å². The number of nitrogens with one attached hydrogen (secondary N) is 1. The molecule has 0 bridgehead atoms. The second kappa shape index (κ2) is 8.54. The molecule has 3 unspecified atom stereocenters. The number of hydrogen-bond acceptors (Lipinski definition) is 3. The highest BCUT2D eigenvalue weighted by Crippen LogP contribution is 2.50. The third-order valence-corrected chi connectivity index (χ3v) is 6.52. The number of anilines is 1. The third-order valence-electron chi connectivity index (χ3n) is 6.52. The van der Waals surface area contributed by atoms with Crippen LogP contribution in [0.5, 0.6) is 5.75 Å². The molecule has 1 aliphatic heterocycles. The molecule has 1 aliphatic carbocycles. The molecule has 0 fully saturated rings. The van der Waals surface area contributed by atoms with Crippen molar-refractivity contribution in [2.45, 2.75) is 25.0 Å². The largest absolute Gasteiger partial charge is 0.489 e. The maximum Gasteiger partial charge on any atom is 0.255 e. The van der Waals surface area contributed by atoms with E-state index in [1.54, 1.807) is 19.0 Å². The van der Waals surface area contributed by atoms with Crippen molar-refractivity contribution in [3.63, 3.8) is 0 Å². The minimum atomic E-state index is 0.0261. The number of allylic oxidation sites excluding steroid dienone is 2. The van der Waals surface area contributed by atoms with Crippen molar-refractivity contribution in [1.82, 2.24) is 4.90 Å². The van der Waals surface area contributed by atoms with E-state index in [4.69, 9.17) is 4.74 Å². The van der Waals surface area contributed by atoms with Gasteiger partial charge in [-0.2, -0.15) is 0 Å². The molecular formula is C28H28N2O2. The first-order valence-electron chi connectivity index (χ1n) is 11.2. The van der Waals surface area contributed by atoms with Crippen molar-refractivity contribution >= 4 is 11.6 Å². The first-order chi connectivity index (χ1) is 15.6. The number of para-hydroxylation sites is 1. The van der Waals surface area contributed by atoms with Crippen molar-refractivity contribution in [3.05, 3.63) is 107 Å². The molecule has 1 heterocycles.